The first kappa shape index (κ1) is 46.2. The predicted molar refractivity (Wildman–Crippen MR) is 229 cm³/mol. The highest BCUT2D eigenvalue weighted by Gasteiger charge is 2.61. The van der Waals surface area contributed by atoms with E-state index in [2.05, 4.69) is 0 Å². The van der Waals surface area contributed by atoms with Crippen LogP contribution in [0.25, 0.3) is 0 Å². The van der Waals surface area contributed by atoms with Crippen LogP contribution in [0.4, 0.5) is 0 Å². The molecule has 0 bridgehead atoms. The second kappa shape index (κ2) is 20.9. The van der Waals surface area contributed by atoms with Crippen molar-refractivity contribution in [2.45, 2.75) is 74.1 Å². The number of nitrogens with zero attached hydrogens (tertiary/aromatic N) is 1. The zero-order valence-corrected chi connectivity index (χ0v) is 35.6. The molecule has 11 atom stereocenters. The smallest absolute Gasteiger partial charge is 0.338 e. The highest BCUT2D eigenvalue weighted by Crippen LogP contribution is 2.41. The van der Waals surface area contributed by atoms with Crippen molar-refractivity contribution in [3.8, 4) is 6.07 Å². The van der Waals surface area contributed by atoms with Gasteiger partial charge in [-0.05, 0) is 60.7 Å². The SMILES string of the molecule is C[C@@]1(C#N)O[C@H]2O[C@H](COC(=O)c3ccccc3)[C@@H](O[C@@H]3O[C@H](COC(=O)c4ccccc4)[C@H](OC(=O)c4ccccc4)[C@H](O)[C@H]3OC(=O)c3ccccc3)[C@H](OC(=O)c3ccccc3)[C@H]2O1. The summed E-state index contributed by atoms with van der Waals surface area (Å²) in [6, 6.07) is 41.4. The molecule has 5 aromatic rings. The van der Waals surface area contributed by atoms with Gasteiger partial charge >= 0.3 is 29.8 Å². The minimum Gasteiger partial charge on any atom is -0.459 e. The molecule has 0 aromatic heterocycles. The number of hydrogen-bond acceptors (Lipinski definition) is 17. The molecule has 5 aromatic carbocycles. The van der Waals surface area contributed by atoms with Gasteiger partial charge in [-0.3, -0.25) is 0 Å². The van der Waals surface area contributed by atoms with E-state index in [4.69, 9.17) is 47.4 Å². The van der Waals surface area contributed by atoms with Crippen molar-refractivity contribution >= 4 is 29.8 Å². The third-order valence-electron chi connectivity index (χ3n) is 10.9. The number of carbonyl (C=O) groups is 5. The fourth-order valence-electron chi connectivity index (χ4n) is 7.59. The quantitative estimate of drug-likeness (QED) is 0.111. The first-order chi connectivity index (χ1) is 32.5. The van der Waals surface area contributed by atoms with Crippen LogP contribution in [0.5, 0.6) is 0 Å². The number of rotatable bonds is 14. The minimum absolute atomic E-state index is 0.0571. The average Bonchev–Trinajstić information content (AvgIpc) is 3.72. The summed E-state index contributed by atoms with van der Waals surface area (Å²) in [4.78, 5) is 68.1. The maximum absolute atomic E-state index is 13.9. The van der Waals surface area contributed by atoms with Crippen LogP contribution in [-0.2, 0) is 47.4 Å². The van der Waals surface area contributed by atoms with Crippen LogP contribution in [0.3, 0.4) is 0 Å². The van der Waals surface area contributed by atoms with E-state index in [1.165, 1.54) is 67.6 Å². The fraction of sp³-hybridized carbons (Fsp3) is 0.280. The molecular weight excluding hydrogens is 871 g/mol. The fourth-order valence-corrected chi connectivity index (χ4v) is 7.59. The van der Waals surface area contributed by atoms with E-state index in [1.54, 1.807) is 91.0 Å². The van der Waals surface area contributed by atoms with Gasteiger partial charge in [-0.2, -0.15) is 5.26 Å². The molecule has 17 nitrogen and oxygen atoms in total. The number of carbonyl (C=O) groups excluding carboxylic acids is 5. The molecular formula is C50H43NO16. The van der Waals surface area contributed by atoms with Gasteiger partial charge in [-0.1, -0.05) is 91.0 Å². The van der Waals surface area contributed by atoms with E-state index in [-0.39, 0.29) is 27.8 Å². The van der Waals surface area contributed by atoms with Crippen LogP contribution >= 0.6 is 0 Å². The molecule has 3 aliphatic heterocycles. The molecule has 0 radical (unpaired) electrons. The highest BCUT2D eigenvalue weighted by molar-refractivity contribution is 5.91. The number of aliphatic hydroxyl groups is 1. The molecule has 0 unspecified atom stereocenters. The molecule has 0 aliphatic carbocycles. The lowest BCUT2D eigenvalue weighted by Crippen LogP contribution is -2.66. The van der Waals surface area contributed by atoms with Gasteiger partial charge in [0.15, 0.2) is 37.0 Å². The van der Waals surface area contributed by atoms with Gasteiger partial charge in [0.05, 0.1) is 27.8 Å². The van der Waals surface area contributed by atoms with E-state index in [0.717, 1.165) is 0 Å². The first-order valence-electron chi connectivity index (χ1n) is 21.1. The molecule has 17 heteroatoms. The van der Waals surface area contributed by atoms with Crippen LogP contribution in [-0.4, -0.2) is 115 Å². The minimum atomic E-state index is -1.97. The molecule has 8 rings (SSSR count). The van der Waals surface area contributed by atoms with E-state index in [1.807, 2.05) is 6.07 Å². The predicted octanol–water partition coefficient (Wildman–Crippen LogP) is 5.23. The Labute approximate surface area is 383 Å². The van der Waals surface area contributed by atoms with Crippen LogP contribution < -0.4 is 0 Å². The van der Waals surface area contributed by atoms with Crippen LogP contribution in [0.2, 0.25) is 0 Å². The lowest BCUT2D eigenvalue weighted by atomic mass is 9.96. The zero-order valence-electron chi connectivity index (χ0n) is 35.6. The molecule has 0 amide bonds. The Bertz CT molecular complexity index is 2540. The number of fused-ring (bicyclic) bond motifs is 1. The van der Waals surface area contributed by atoms with Crippen molar-refractivity contribution in [2.24, 2.45) is 0 Å². The summed E-state index contributed by atoms with van der Waals surface area (Å²) >= 11 is 0. The van der Waals surface area contributed by atoms with Gasteiger partial charge in [0.1, 0.15) is 43.7 Å². The molecule has 1 N–H and O–H groups in total. The Morgan fingerprint density at radius 1 is 0.522 bits per heavy atom. The third kappa shape index (κ3) is 10.9. The van der Waals surface area contributed by atoms with Gasteiger partial charge in [-0.15, -0.1) is 0 Å². The molecule has 0 spiro atoms. The van der Waals surface area contributed by atoms with Crippen molar-refractivity contribution in [3.63, 3.8) is 0 Å². The lowest BCUT2D eigenvalue weighted by Gasteiger charge is -2.47. The topological polar surface area (TPSA) is 222 Å². The molecule has 0 saturated carbocycles. The summed E-state index contributed by atoms with van der Waals surface area (Å²) in [5, 5.41) is 22.4. The summed E-state index contributed by atoms with van der Waals surface area (Å²) in [5.41, 5.74) is 0.627. The zero-order chi connectivity index (χ0) is 46.9. The van der Waals surface area contributed by atoms with E-state index in [9.17, 15) is 34.3 Å². The summed E-state index contributed by atoms with van der Waals surface area (Å²) in [6.45, 7) is 0.0837. The monoisotopic (exact) mass is 913 g/mol. The first-order valence-corrected chi connectivity index (χ1v) is 21.1. The van der Waals surface area contributed by atoms with Crippen molar-refractivity contribution < 1.29 is 76.4 Å². The maximum Gasteiger partial charge on any atom is 0.338 e. The second-order valence-corrected chi connectivity index (χ2v) is 15.6. The Morgan fingerprint density at radius 2 is 0.896 bits per heavy atom. The number of benzene rings is 5. The molecule has 3 fully saturated rings. The van der Waals surface area contributed by atoms with Gasteiger partial charge in [0.25, 0.3) is 5.79 Å². The van der Waals surface area contributed by atoms with E-state index < -0.39 is 110 Å². The van der Waals surface area contributed by atoms with Crippen molar-refractivity contribution in [2.75, 3.05) is 13.2 Å². The normalized spacial score (nSPS) is 27.5. The summed E-state index contributed by atoms with van der Waals surface area (Å²) in [5.74, 6) is -6.22. The van der Waals surface area contributed by atoms with Crippen LogP contribution in [0, 0.1) is 11.3 Å². The number of hydrogen-bond donors (Lipinski definition) is 1. The third-order valence-corrected chi connectivity index (χ3v) is 10.9. The maximum atomic E-state index is 13.9. The lowest BCUT2D eigenvalue weighted by molar-refractivity contribution is -0.343. The number of nitriles is 1. The Hall–Kier alpha value is -7.30. The molecule has 344 valence electrons. The van der Waals surface area contributed by atoms with Crippen molar-refractivity contribution in [1.82, 2.24) is 0 Å². The van der Waals surface area contributed by atoms with Crippen LogP contribution in [0.1, 0.15) is 58.7 Å². The van der Waals surface area contributed by atoms with E-state index in [0.29, 0.717) is 0 Å². The molecule has 3 aliphatic rings. The molecule has 67 heavy (non-hydrogen) atoms. The highest BCUT2D eigenvalue weighted by atomic mass is 16.8. The van der Waals surface area contributed by atoms with Crippen LogP contribution in [0.15, 0.2) is 152 Å². The van der Waals surface area contributed by atoms with E-state index >= 15 is 0 Å². The summed E-state index contributed by atoms with van der Waals surface area (Å²) in [7, 11) is 0. The van der Waals surface area contributed by atoms with Gasteiger partial charge in [0.2, 0.25) is 0 Å². The number of aliphatic hydroxyl groups excluding tert-OH is 1. The molecule has 3 heterocycles. The van der Waals surface area contributed by atoms with Gasteiger partial charge < -0.3 is 52.5 Å². The van der Waals surface area contributed by atoms with Gasteiger partial charge in [0, 0.05) is 6.92 Å². The van der Waals surface area contributed by atoms with Gasteiger partial charge in [-0.25, -0.2) is 24.0 Å². The second-order valence-electron chi connectivity index (χ2n) is 15.6. The number of ether oxygens (including phenoxy) is 10. The average molecular weight is 914 g/mol. The standard InChI is InChI=1S/C50H43NO16/c1-50(29-51)66-42-41(64-47(57)34-25-15-6-16-26-34)39(36(61-49(42)67-50)28-59-44(54)31-19-9-3-10-20-31)65-48-40(63-46(56)33-23-13-5-14-24-33)37(52)38(62-45(55)32-21-11-4-12-22-32)35(60-48)27-58-43(53)30-17-7-2-8-18-30/h2-26,35-42,48-49,52H,27-28H2,1H3/t35-,36-,37+,38+,39-,40-,41+,42-,48+,49-,50+/m1/s1. The Balaban J connectivity index is 1.18. The summed E-state index contributed by atoms with van der Waals surface area (Å²) < 4.78 is 60.7. The Kier molecular flexibility index (Phi) is 14.4. The van der Waals surface area contributed by atoms with Crippen molar-refractivity contribution in [3.05, 3.63) is 179 Å². The Morgan fingerprint density at radius 3 is 1.31 bits per heavy atom. The molecule has 3 saturated heterocycles. The van der Waals surface area contributed by atoms with Crippen molar-refractivity contribution in [1.29, 1.82) is 5.26 Å². The number of esters is 5. The summed E-state index contributed by atoms with van der Waals surface area (Å²) in [6.07, 6.45) is -16.3. The largest absolute Gasteiger partial charge is 0.459 e.